The number of pyridine rings is 1. The number of nitrogens with zero attached hydrogens (tertiary/aromatic N) is 1. The molecule has 1 heterocycles. The summed E-state index contributed by atoms with van der Waals surface area (Å²) in [6, 6.07) is 2.00. The van der Waals surface area contributed by atoms with Crippen LogP contribution in [0.15, 0.2) is 23.4 Å². The van der Waals surface area contributed by atoms with Crippen molar-refractivity contribution in [1.29, 1.82) is 0 Å². The first-order chi connectivity index (χ1) is 7.79. The highest BCUT2D eigenvalue weighted by molar-refractivity contribution is 8.00. The lowest BCUT2D eigenvalue weighted by Gasteiger charge is -2.27. The lowest BCUT2D eigenvalue weighted by Crippen LogP contribution is -2.23. The van der Waals surface area contributed by atoms with Gasteiger partial charge in [-0.1, -0.05) is 0 Å². The fourth-order valence-electron chi connectivity index (χ4n) is 2.10. The zero-order chi connectivity index (χ0) is 11.4. The van der Waals surface area contributed by atoms with Crippen molar-refractivity contribution in [2.45, 2.75) is 41.9 Å². The lowest BCUT2D eigenvalue weighted by atomic mass is 9.97. The summed E-state index contributed by atoms with van der Waals surface area (Å²) in [5.41, 5.74) is 6.67. The molecule has 2 atom stereocenters. The second-order valence-corrected chi connectivity index (χ2v) is 5.52. The van der Waals surface area contributed by atoms with Gasteiger partial charge in [0.2, 0.25) is 0 Å². The van der Waals surface area contributed by atoms with Gasteiger partial charge in [0, 0.05) is 23.5 Å². The Bertz CT molecular complexity index is 346. The molecule has 0 bridgehead atoms. The third-order valence-electron chi connectivity index (χ3n) is 3.02. The van der Waals surface area contributed by atoms with Crippen LogP contribution in [0.1, 0.15) is 25.7 Å². The molecule has 1 fully saturated rings. The maximum absolute atomic E-state index is 5.89. The molecule has 2 N–H and O–H groups in total. The molecule has 0 spiro atoms. The van der Waals surface area contributed by atoms with Gasteiger partial charge in [0.15, 0.2) is 0 Å². The average molecular weight is 238 g/mol. The Hall–Kier alpha value is -0.740. The summed E-state index contributed by atoms with van der Waals surface area (Å²) in [7, 11) is 1.80. The average Bonchev–Trinajstić information content (AvgIpc) is 2.32. The summed E-state index contributed by atoms with van der Waals surface area (Å²) >= 11 is 1.87. The van der Waals surface area contributed by atoms with Crippen LogP contribution in [0.25, 0.3) is 0 Å². The Labute approximate surface area is 101 Å². The van der Waals surface area contributed by atoms with E-state index in [0.717, 1.165) is 17.0 Å². The molecule has 2 rings (SSSR count). The van der Waals surface area contributed by atoms with E-state index in [0.29, 0.717) is 11.4 Å². The summed E-state index contributed by atoms with van der Waals surface area (Å²) in [5.74, 6) is 0. The molecule has 0 amide bonds. The van der Waals surface area contributed by atoms with Crippen LogP contribution in [0.2, 0.25) is 0 Å². The largest absolute Gasteiger partial charge is 0.397 e. The number of aromatic nitrogens is 1. The molecular formula is C12H18N2OS. The molecular weight excluding hydrogens is 220 g/mol. The SMILES string of the molecule is COC1CCCC(Sc2ccncc2N)C1. The molecule has 3 nitrogen and oxygen atoms in total. The maximum Gasteiger partial charge on any atom is 0.0638 e. The summed E-state index contributed by atoms with van der Waals surface area (Å²) in [6.45, 7) is 0. The lowest BCUT2D eigenvalue weighted by molar-refractivity contribution is 0.0730. The molecule has 88 valence electrons. The molecule has 1 aliphatic carbocycles. The Morgan fingerprint density at radius 2 is 2.38 bits per heavy atom. The van der Waals surface area contributed by atoms with Crippen molar-refractivity contribution in [2.75, 3.05) is 12.8 Å². The molecule has 2 unspecified atom stereocenters. The normalized spacial score (nSPS) is 25.6. The predicted molar refractivity (Wildman–Crippen MR) is 67.6 cm³/mol. The van der Waals surface area contributed by atoms with E-state index in [2.05, 4.69) is 4.98 Å². The van der Waals surface area contributed by atoms with Gasteiger partial charge in [0.05, 0.1) is 18.0 Å². The van der Waals surface area contributed by atoms with E-state index in [1.807, 2.05) is 17.8 Å². The Kier molecular flexibility index (Phi) is 4.07. The molecule has 4 heteroatoms. The number of nitrogen functional groups attached to an aromatic ring is 1. The molecule has 0 aromatic carbocycles. The molecule has 1 saturated carbocycles. The van der Waals surface area contributed by atoms with Gasteiger partial charge in [0.25, 0.3) is 0 Å². The van der Waals surface area contributed by atoms with Gasteiger partial charge in [-0.2, -0.15) is 0 Å². The quantitative estimate of drug-likeness (QED) is 0.879. The fraction of sp³-hybridized carbons (Fsp3) is 0.583. The second kappa shape index (κ2) is 5.55. The maximum atomic E-state index is 5.89. The van der Waals surface area contributed by atoms with Crippen LogP contribution in [0.5, 0.6) is 0 Å². The summed E-state index contributed by atoms with van der Waals surface area (Å²) in [4.78, 5) is 5.16. The van der Waals surface area contributed by atoms with Crippen molar-refractivity contribution in [3.8, 4) is 0 Å². The van der Waals surface area contributed by atoms with Crippen molar-refractivity contribution in [1.82, 2.24) is 4.98 Å². The zero-order valence-corrected chi connectivity index (χ0v) is 10.4. The monoisotopic (exact) mass is 238 g/mol. The van der Waals surface area contributed by atoms with Gasteiger partial charge in [-0.05, 0) is 31.7 Å². The number of methoxy groups -OCH3 is 1. The van der Waals surface area contributed by atoms with Crippen LogP contribution < -0.4 is 5.73 Å². The van der Waals surface area contributed by atoms with E-state index in [1.165, 1.54) is 19.3 Å². The van der Waals surface area contributed by atoms with Crippen LogP contribution in [0.3, 0.4) is 0 Å². The number of hydrogen-bond donors (Lipinski definition) is 1. The van der Waals surface area contributed by atoms with Crippen molar-refractivity contribution in [3.63, 3.8) is 0 Å². The molecule has 1 aromatic heterocycles. The van der Waals surface area contributed by atoms with Crippen LogP contribution in [0, 0.1) is 0 Å². The van der Waals surface area contributed by atoms with Crippen molar-refractivity contribution >= 4 is 17.4 Å². The Morgan fingerprint density at radius 3 is 3.12 bits per heavy atom. The van der Waals surface area contributed by atoms with Crippen LogP contribution >= 0.6 is 11.8 Å². The Morgan fingerprint density at radius 1 is 1.50 bits per heavy atom. The Balaban J connectivity index is 1.97. The highest BCUT2D eigenvalue weighted by atomic mass is 32.2. The second-order valence-electron chi connectivity index (χ2n) is 4.18. The highest BCUT2D eigenvalue weighted by Gasteiger charge is 2.22. The first-order valence-electron chi connectivity index (χ1n) is 5.68. The standard InChI is InChI=1S/C12H18N2OS/c1-15-9-3-2-4-10(7-9)16-12-5-6-14-8-11(12)13/h5-6,8-10H,2-4,7,13H2,1H3. The van der Waals surface area contributed by atoms with Crippen LogP contribution in [0.4, 0.5) is 5.69 Å². The first-order valence-corrected chi connectivity index (χ1v) is 6.56. The third kappa shape index (κ3) is 2.89. The van der Waals surface area contributed by atoms with E-state index in [9.17, 15) is 0 Å². The number of ether oxygens (including phenoxy) is 1. The van der Waals surface area contributed by atoms with Gasteiger partial charge >= 0.3 is 0 Å². The van der Waals surface area contributed by atoms with E-state index < -0.39 is 0 Å². The predicted octanol–water partition coefficient (Wildman–Crippen LogP) is 2.71. The van der Waals surface area contributed by atoms with Gasteiger partial charge in [0.1, 0.15) is 0 Å². The molecule has 16 heavy (non-hydrogen) atoms. The molecule has 1 aliphatic rings. The summed E-state index contributed by atoms with van der Waals surface area (Å²) in [5, 5.41) is 0.628. The number of nitrogens with two attached hydrogens (primary N) is 1. The van der Waals surface area contributed by atoms with E-state index >= 15 is 0 Å². The van der Waals surface area contributed by atoms with Gasteiger partial charge in [-0.25, -0.2) is 0 Å². The minimum atomic E-state index is 0.425. The third-order valence-corrected chi connectivity index (χ3v) is 4.40. The fourth-order valence-corrected chi connectivity index (χ4v) is 3.39. The zero-order valence-electron chi connectivity index (χ0n) is 9.56. The van der Waals surface area contributed by atoms with Crippen molar-refractivity contribution in [3.05, 3.63) is 18.5 Å². The topological polar surface area (TPSA) is 48.1 Å². The number of hydrogen-bond acceptors (Lipinski definition) is 4. The van der Waals surface area contributed by atoms with E-state index in [-0.39, 0.29) is 0 Å². The van der Waals surface area contributed by atoms with Crippen LogP contribution in [-0.4, -0.2) is 23.4 Å². The minimum absolute atomic E-state index is 0.425. The number of thioether (sulfide) groups is 1. The molecule has 0 radical (unpaired) electrons. The first kappa shape index (κ1) is 11.7. The van der Waals surface area contributed by atoms with Crippen molar-refractivity contribution < 1.29 is 4.74 Å². The van der Waals surface area contributed by atoms with Crippen molar-refractivity contribution in [2.24, 2.45) is 0 Å². The summed E-state index contributed by atoms with van der Waals surface area (Å²) < 4.78 is 5.43. The molecule has 1 aromatic rings. The molecule has 0 aliphatic heterocycles. The van der Waals surface area contributed by atoms with Gasteiger partial charge in [-0.3, -0.25) is 4.98 Å². The van der Waals surface area contributed by atoms with Crippen LogP contribution in [-0.2, 0) is 4.74 Å². The minimum Gasteiger partial charge on any atom is -0.397 e. The summed E-state index contributed by atoms with van der Waals surface area (Å²) in [6.07, 6.45) is 8.78. The van der Waals surface area contributed by atoms with Gasteiger partial charge in [-0.15, -0.1) is 11.8 Å². The van der Waals surface area contributed by atoms with Gasteiger partial charge < -0.3 is 10.5 Å². The number of rotatable bonds is 3. The number of anilines is 1. The molecule has 0 saturated heterocycles. The highest BCUT2D eigenvalue weighted by Crippen LogP contribution is 2.36. The smallest absolute Gasteiger partial charge is 0.0638 e. The van der Waals surface area contributed by atoms with E-state index in [1.54, 1.807) is 19.5 Å². The van der Waals surface area contributed by atoms with E-state index in [4.69, 9.17) is 10.5 Å².